The Morgan fingerprint density at radius 2 is 2.00 bits per heavy atom. The molecule has 1 N–H and O–H groups in total. The van der Waals surface area contributed by atoms with E-state index in [1.165, 1.54) is 33.3 Å². The van der Waals surface area contributed by atoms with E-state index in [2.05, 4.69) is 15.3 Å². The second kappa shape index (κ2) is 7.93. The maximum atomic E-state index is 12.9. The molecule has 154 valence electrons. The molecule has 0 saturated heterocycles. The number of fused-ring (bicyclic) bond motifs is 2. The van der Waals surface area contributed by atoms with Gasteiger partial charge in [0.2, 0.25) is 0 Å². The number of rotatable bonds is 5. The molecule has 0 radical (unpaired) electrons. The average Bonchev–Trinajstić information content (AvgIpc) is 3.37. The summed E-state index contributed by atoms with van der Waals surface area (Å²) in [6, 6.07) is 15.5. The molecule has 5 aromatic rings. The van der Waals surface area contributed by atoms with Crippen molar-refractivity contribution in [1.82, 2.24) is 14.4 Å². The van der Waals surface area contributed by atoms with E-state index in [1.807, 2.05) is 48.5 Å². The molecule has 0 spiro atoms. The van der Waals surface area contributed by atoms with Gasteiger partial charge in [-0.15, -0.1) is 11.3 Å². The molecule has 5 rings (SSSR count). The Morgan fingerprint density at radius 3 is 2.81 bits per heavy atom. The zero-order chi connectivity index (χ0) is 21.4. The van der Waals surface area contributed by atoms with Gasteiger partial charge in [-0.2, -0.15) is 0 Å². The SMILES string of the molecule is COc1ccc2nc(NC(=O)c3cnc4sc(Cc5ccccc5)cn4c3=O)sc2c1. The summed E-state index contributed by atoms with van der Waals surface area (Å²) in [5, 5.41) is 3.13. The molecule has 2 aromatic carbocycles. The standard InChI is InChI=1S/C22H16N4O3S2/c1-29-14-7-8-17-18(10-14)31-21(24-17)25-19(27)16-11-23-22-26(20(16)28)12-15(30-22)9-13-5-3-2-4-6-13/h2-8,10-12H,9H2,1H3,(H,24,25,27). The van der Waals surface area contributed by atoms with E-state index in [9.17, 15) is 9.59 Å². The number of nitrogens with zero attached hydrogens (tertiary/aromatic N) is 3. The molecular formula is C22H16N4O3S2. The van der Waals surface area contributed by atoms with Gasteiger partial charge in [-0.3, -0.25) is 19.3 Å². The lowest BCUT2D eigenvalue weighted by atomic mass is 10.1. The highest BCUT2D eigenvalue weighted by atomic mass is 32.1. The third-order valence-electron chi connectivity index (χ3n) is 4.74. The third kappa shape index (κ3) is 3.80. The Hall–Kier alpha value is -3.56. The number of aromatic nitrogens is 3. The number of thiazole rings is 2. The van der Waals surface area contributed by atoms with Crippen molar-refractivity contribution in [3.63, 3.8) is 0 Å². The van der Waals surface area contributed by atoms with Gasteiger partial charge < -0.3 is 4.74 Å². The lowest BCUT2D eigenvalue weighted by Gasteiger charge is -2.01. The summed E-state index contributed by atoms with van der Waals surface area (Å²) in [6.45, 7) is 0. The van der Waals surface area contributed by atoms with Crippen molar-refractivity contribution >= 4 is 48.9 Å². The molecule has 0 aliphatic carbocycles. The smallest absolute Gasteiger partial charge is 0.271 e. The predicted molar refractivity (Wildman–Crippen MR) is 123 cm³/mol. The van der Waals surface area contributed by atoms with Gasteiger partial charge in [-0.25, -0.2) is 9.97 Å². The van der Waals surface area contributed by atoms with Gasteiger partial charge >= 0.3 is 0 Å². The Kier molecular flexibility index (Phi) is 4.97. The monoisotopic (exact) mass is 448 g/mol. The summed E-state index contributed by atoms with van der Waals surface area (Å²) in [6.07, 6.45) is 3.78. The topological polar surface area (TPSA) is 85.6 Å². The van der Waals surface area contributed by atoms with Crippen molar-refractivity contribution in [2.24, 2.45) is 0 Å². The first-order valence-corrected chi connectivity index (χ1v) is 11.0. The van der Waals surface area contributed by atoms with Crippen LogP contribution in [-0.4, -0.2) is 27.4 Å². The number of methoxy groups -OCH3 is 1. The Bertz CT molecular complexity index is 1470. The Morgan fingerprint density at radius 1 is 1.16 bits per heavy atom. The van der Waals surface area contributed by atoms with Crippen LogP contribution in [-0.2, 0) is 6.42 Å². The number of hydrogen-bond acceptors (Lipinski definition) is 7. The van der Waals surface area contributed by atoms with Crippen LogP contribution in [0.4, 0.5) is 5.13 Å². The summed E-state index contributed by atoms with van der Waals surface area (Å²) in [5.74, 6) is 0.180. The van der Waals surface area contributed by atoms with E-state index in [1.54, 1.807) is 13.3 Å². The van der Waals surface area contributed by atoms with Crippen LogP contribution in [0.25, 0.3) is 15.2 Å². The lowest BCUT2D eigenvalue weighted by Crippen LogP contribution is -2.25. The fourth-order valence-corrected chi connectivity index (χ4v) is 5.08. The number of nitrogens with one attached hydrogen (secondary N) is 1. The van der Waals surface area contributed by atoms with Gasteiger partial charge in [-0.1, -0.05) is 41.7 Å². The summed E-state index contributed by atoms with van der Waals surface area (Å²) < 4.78 is 7.53. The van der Waals surface area contributed by atoms with Crippen LogP contribution in [0.1, 0.15) is 20.8 Å². The van der Waals surface area contributed by atoms with Crippen molar-refractivity contribution < 1.29 is 9.53 Å². The summed E-state index contributed by atoms with van der Waals surface area (Å²) in [7, 11) is 1.59. The zero-order valence-corrected chi connectivity index (χ0v) is 18.0. The third-order valence-corrected chi connectivity index (χ3v) is 6.67. The first kappa shape index (κ1) is 19.4. The van der Waals surface area contributed by atoms with Crippen molar-refractivity contribution in [3.8, 4) is 5.75 Å². The van der Waals surface area contributed by atoms with Crippen LogP contribution in [0.2, 0.25) is 0 Å². The van der Waals surface area contributed by atoms with Crippen LogP contribution in [0.5, 0.6) is 5.75 Å². The average molecular weight is 449 g/mol. The maximum Gasteiger partial charge on any atom is 0.271 e. The van der Waals surface area contributed by atoms with Gasteiger partial charge in [0.25, 0.3) is 11.5 Å². The lowest BCUT2D eigenvalue weighted by molar-refractivity contribution is 0.102. The number of ether oxygens (including phenoxy) is 1. The van der Waals surface area contributed by atoms with Crippen LogP contribution in [0, 0.1) is 0 Å². The first-order valence-electron chi connectivity index (χ1n) is 9.40. The van der Waals surface area contributed by atoms with Crippen LogP contribution in [0.3, 0.4) is 0 Å². The molecule has 0 unspecified atom stereocenters. The molecule has 3 aromatic heterocycles. The van der Waals surface area contributed by atoms with Crippen molar-refractivity contribution in [3.05, 3.63) is 87.3 Å². The zero-order valence-electron chi connectivity index (χ0n) is 16.4. The number of carbonyl (C=O) groups is 1. The molecule has 0 saturated carbocycles. The van der Waals surface area contributed by atoms with Crippen LogP contribution >= 0.6 is 22.7 Å². The Balaban J connectivity index is 1.42. The number of benzene rings is 2. The van der Waals surface area contributed by atoms with Gasteiger partial charge in [0.05, 0.1) is 17.3 Å². The van der Waals surface area contributed by atoms with E-state index in [4.69, 9.17) is 4.74 Å². The minimum atomic E-state index is -0.534. The van der Waals surface area contributed by atoms with E-state index in [0.717, 1.165) is 20.7 Å². The second-order valence-corrected chi connectivity index (χ2v) is 8.92. The van der Waals surface area contributed by atoms with Gasteiger partial charge in [0.15, 0.2) is 10.1 Å². The largest absolute Gasteiger partial charge is 0.497 e. The molecule has 3 heterocycles. The summed E-state index contributed by atoms with van der Waals surface area (Å²) in [5.41, 5.74) is 1.46. The highest BCUT2D eigenvalue weighted by Crippen LogP contribution is 2.29. The molecular weight excluding hydrogens is 432 g/mol. The molecule has 7 nitrogen and oxygen atoms in total. The fraction of sp³-hybridized carbons (Fsp3) is 0.0909. The normalized spacial score (nSPS) is 11.1. The summed E-state index contributed by atoms with van der Waals surface area (Å²) in [4.78, 5) is 35.9. The number of hydrogen-bond donors (Lipinski definition) is 1. The van der Waals surface area contributed by atoms with Gasteiger partial charge in [0, 0.05) is 23.7 Å². The van der Waals surface area contributed by atoms with Crippen molar-refractivity contribution in [1.29, 1.82) is 0 Å². The quantitative estimate of drug-likeness (QED) is 0.435. The second-order valence-electron chi connectivity index (χ2n) is 6.80. The van der Waals surface area contributed by atoms with Gasteiger partial charge in [0.1, 0.15) is 11.3 Å². The first-order chi connectivity index (χ1) is 15.1. The molecule has 0 aliphatic rings. The van der Waals surface area contributed by atoms with E-state index >= 15 is 0 Å². The van der Waals surface area contributed by atoms with Crippen molar-refractivity contribution in [2.45, 2.75) is 6.42 Å². The molecule has 0 bridgehead atoms. The van der Waals surface area contributed by atoms with Crippen molar-refractivity contribution in [2.75, 3.05) is 12.4 Å². The molecule has 0 atom stereocenters. The maximum absolute atomic E-state index is 12.9. The molecule has 31 heavy (non-hydrogen) atoms. The minimum Gasteiger partial charge on any atom is -0.497 e. The van der Waals surface area contributed by atoms with E-state index < -0.39 is 11.5 Å². The highest BCUT2D eigenvalue weighted by molar-refractivity contribution is 7.22. The van der Waals surface area contributed by atoms with Crippen LogP contribution in [0.15, 0.2) is 65.7 Å². The molecule has 9 heteroatoms. The number of amides is 1. The van der Waals surface area contributed by atoms with Crippen LogP contribution < -0.4 is 15.6 Å². The summed E-state index contributed by atoms with van der Waals surface area (Å²) >= 11 is 2.75. The number of carbonyl (C=O) groups excluding carboxylic acids is 1. The fourth-order valence-electron chi connectivity index (χ4n) is 3.22. The Labute approximate surface area is 184 Å². The highest BCUT2D eigenvalue weighted by Gasteiger charge is 2.17. The molecule has 0 aliphatic heterocycles. The predicted octanol–water partition coefficient (Wildman–Crippen LogP) is 4.22. The van der Waals surface area contributed by atoms with E-state index in [0.29, 0.717) is 22.3 Å². The van der Waals surface area contributed by atoms with Gasteiger partial charge in [-0.05, 0) is 23.8 Å². The number of anilines is 1. The molecule has 1 amide bonds. The van der Waals surface area contributed by atoms with E-state index in [-0.39, 0.29) is 5.56 Å². The molecule has 0 fully saturated rings. The minimum absolute atomic E-state index is 0.0293.